The van der Waals surface area contributed by atoms with Gasteiger partial charge in [0.25, 0.3) is 3.57 Å². The van der Waals surface area contributed by atoms with Crippen LogP contribution >= 0.6 is 0 Å². The molecule has 0 spiro atoms. The summed E-state index contributed by atoms with van der Waals surface area (Å²) in [5, 5.41) is 0. The van der Waals surface area contributed by atoms with Crippen LogP contribution in [0.3, 0.4) is 0 Å². The number of benzene rings is 1. The minimum absolute atomic E-state index is 0.172. The molecule has 16 heavy (non-hydrogen) atoms. The normalized spacial score (nSPS) is 10.2. The fraction of sp³-hybridized carbons (Fsp3) is 0. The number of rotatable bonds is 2. The summed E-state index contributed by atoms with van der Waals surface area (Å²) in [6.07, 6.45) is 0. The molecular formula is C10H9IN3O2+. The predicted molar refractivity (Wildman–Crippen MR) is 55.9 cm³/mol. The lowest BCUT2D eigenvalue weighted by Crippen LogP contribution is -3.62. The summed E-state index contributed by atoms with van der Waals surface area (Å²) in [5.41, 5.74) is 4.66. The Morgan fingerprint density at radius 2 is 1.75 bits per heavy atom. The average molecular weight is 330 g/mol. The molecule has 6 heteroatoms. The molecule has 1 aromatic carbocycles. The topological polar surface area (TPSA) is 91.7 Å². The predicted octanol–water partition coefficient (Wildman–Crippen LogP) is -3.23. The molecule has 4 N–H and O–H groups in total. The third-order valence-corrected chi connectivity index (χ3v) is 4.80. The van der Waals surface area contributed by atoms with Gasteiger partial charge in [0.1, 0.15) is 0 Å². The van der Waals surface area contributed by atoms with Crippen LogP contribution in [-0.2, 0) is 0 Å². The van der Waals surface area contributed by atoms with Crippen molar-refractivity contribution in [3.8, 4) is 0 Å². The molecule has 0 aliphatic carbocycles. The highest BCUT2D eigenvalue weighted by Crippen LogP contribution is 1.85. The molecule has 0 fully saturated rings. The van der Waals surface area contributed by atoms with Crippen LogP contribution in [0.2, 0.25) is 0 Å². The molecule has 0 radical (unpaired) electrons. The summed E-state index contributed by atoms with van der Waals surface area (Å²) in [6.45, 7) is 0. The van der Waals surface area contributed by atoms with Crippen LogP contribution in [0.1, 0.15) is 0 Å². The lowest BCUT2D eigenvalue weighted by molar-refractivity contribution is -0.598. The fourth-order valence-electron chi connectivity index (χ4n) is 1.17. The van der Waals surface area contributed by atoms with E-state index in [9.17, 15) is 9.59 Å². The Labute approximate surface area is 101 Å². The van der Waals surface area contributed by atoms with Gasteiger partial charge in [-0.3, -0.25) is 14.8 Å². The summed E-state index contributed by atoms with van der Waals surface area (Å²) < 4.78 is 1.56. The average Bonchev–Trinajstić information content (AvgIpc) is 2.25. The van der Waals surface area contributed by atoms with Crippen molar-refractivity contribution in [2.45, 2.75) is 0 Å². The van der Waals surface area contributed by atoms with E-state index in [4.69, 9.17) is 5.73 Å². The Hall–Kier alpha value is -1.57. The summed E-state index contributed by atoms with van der Waals surface area (Å²) in [5.74, 6) is 0.172. The summed E-state index contributed by atoms with van der Waals surface area (Å²) >= 11 is -0.666. The van der Waals surface area contributed by atoms with Crippen LogP contribution in [0.4, 0.5) is 5.82 Å². The Balaban J connectivity index is 2.43. The van der Waals surface area contributed by atoms with E-state index in [1.54, 1.807) is 0 Å². The van der Waals surface area contributed by atoms with Gasteiger partial charge in [0.05, 0.1) is 0 Å². The molecule has 0 saturated carbocycles. The van der Waals surface area contributed by atoms with Crippen LogP contribution in [0.15, 0.2) is 39.9 Å². The zero-order valence-corrected chi connectivity index (χ0v) is 10.3. The first-order valence-corrected chi connectivity index (χ1v) is 6.64. The Morgan fingerprint density at radius 1 is 1.06 bits per heavy atom. The Bertz CT molecular complexity index is 603. The van der Waals surface area contributed by atoms with Crippen LogP contribution in [0, 0.1) is 7.14 Å². The van der Waals surface area contributed by atoms with Crippen LogP contribution in [0.5, 0.6) is 0 Å². The molecule has 0 saturated heterocycles. The number of hydrogen-bond donors (Lipinski definition) is 3. The van der Waals surface area contributed by atoms with Crippen molar-refractivity contribution in [3.05, 3.63) is 58.3 Å². The van der Waals surface area contributed by atoms with Crippen molar-refractivity contribution < 1.29 is 21.2 Å². The Kier molecular flexibility index (Phi) is 3.09. The maximum atomic E-state index is 11.5. The zero-order chi connectivity index (χ0) is 11.5. The molecule has 5 nitrogen and oxygen atoms in total. The maximum Gasteiger partial charge on any atom is 0.368 e. The van der Waals surface area contributed by atoms with Gasteiger partial charge in [-0.25, -0.2) is 4.79 Å². The largest absolute Gasteiger partial charge is 0.381 e. The van der Waals surface area contributed by atoms with Crippen LogP contribution < -0.4 is 38.2 Å². The zero-order valence-electron chi connectivity index (χ0n) is 8.16. The first kappa shape index (κ1) is 10.9. The van der Waals surface area contributed by atoms with Gasteiger partial charge in [0.2, 0.25) is 0 Å². The quantitative estimate of drug-likeness (QED) is 0.506. The molecule has 0 bridgehead atoms. The number of nitrogens with one attached hydrogen (secondary N) is 2. The standard InChI is InChI=1S/C10H8IN3O2/c12-8-7(9(15)14-10(16)13-8)11-6-4-2-1-3-5-6/h1-5H,(H3-,12,13,14,15,16)/p+1. The van der Waals surface area contributed by atoms with Crippen molar-refractivity contribution >= 4 is 5.82 Å². The summed E-state index contributed by atoms with van der Waals surface area (Å²) in [7, 11) is 0. The smallest absolute Gasteiger partial charge is 0.368 e. The van der Waals surface area contributed by atoms with Gasteiger partial charge >= 0.3 is 32.5 Å². The molecular weight excluding hydrogens is 321 g/mol. The second kappa shape index (κ2) is 4.52. The number of halogens is 1. The SMILES string of the molecule is Nc1[nH]c(=O)[nH]c(=O)c1[I+]c1ccccc1. The summed E-state index contributed by atoms with van der Waals surface area (Å²) in [6, 6.07) is 9.61. The molecule has 0 aliphatic heterocycles. The van der Waals surface area contributed by atoms with Crippen LogP contribution in [-0.4, -0.2) is 9.97 Å². The minimum Gasteiger partial charge on any atom is -0.381 e. The van der Waals surface area contributed by atoms with E-state index in [0.717, 1.165) is 3.57 Å². The number of anilines is 1. The molecule has 82 valence electrons. The molecule has 0 unspecified atom stereocenters. The second-order valence-corrected chi connectivity index (χ2v) is 5.89. The van der Waals surface area contributed by atoms with E-state index < -0.39 is 32.5 Å². The molecule has 2 aromatic rings. The van der Waals surface area contributed by atoms with Gasteiger partial charge < -0.3 is 5.73 Å². The molecule has 2 rings (SSSR count). The van der Waals surface area contributed by atoms with E-state index >= 15 is 0 Å². The summed E-state index contributed by atoms with van der Waals surface area (Å²) in [4.78, 5) is 27.0. The molecule has 1 heterocycles. The van der Waals surface area contributed by atoms with Crippen molar-refractivity contribution in [1.29, 1.82) is 0 Å². The van der Waals surface area contributed by atoms with Gasteiger partial charge in [0.15, 0.2) is 9.39 Å². The number of nitrogens with two attached hydrogens (primary N) is 1. The highest BCUT2D eigenvalue weighted by Gasteiger charge is 2.23. The second-order valence-electron chi connectivity index (χ2n) is 3.03. The van der Waals surface area contributed by atoms with Gasteiger partial charge in [0, 0.05) is 0 Å². The van der Waals surface area contributed by atoms with Gasteiger partial charge in [-0.1, -0.05) is 18.2 Å². The highest BCUT2D eigenvalue weighted by atomic mass is 127. The third kappa shape index (κ3) is 2.32. The third-order valence-electron chi connectivity index (χ3n) is 1.85. The van der Waals surface area contributed by atoms with Crippen molar-refractivity contribution in [2.24, 2.45) is 0 Å². The highest BCUT2D eigenvalue weighted by molar-refractivity contribution is 5.22. The van der Waals surface area contributed by atoms with E-state index in [2.05, 4.69) is 9.97 Å². The minimum atomic E-state index is -0.666. The maximum absolute atomic E-state index is 11.5. The van der Waals surface area contributed by atoms with E-state index in [0.29, 0.717) is 3.57 Å². The van der Waals surface area contributed by atoms with Gasteiger partial charge in [-0.05, 0) is 12.1 Å². The van der Waals surface area contributed by atoms with Crippen molar-refractivity contribution in [3.63, 3.8) is 0 Å². The molecule has 1 aromatic heterocycles. The first-order chi connectivity index (χ1) is 7.66. The molecule has 0 aliphatic rings. The number of hydrogen-bond acceptors (Lipinski definition) is 3. The van der Waals surface area contributed by atoms with Gasteiger partial charge in [-0.2, -0.15) is 0 Å². The molecule has 0 atom stereocenters. The van der Waals surface area contributed by atoms with Crippen LogP contribution in [0.25, 0.3) is 0 Å². The first-order valence-electron chi connectivity index (χ1n) is 4.49. The van der Waals surface area contributed by atoms with Gasteiger partial charge in [-0.15, -0.1) is 0 Å². The lowest BCUT2D eigenvalue weighted by atomic mass is 10.4. The number of H-pyrrole nitrogens is 2. The number of aromatic amines is 2. The number of aromatic nitrogens is 2. The Morgan fingerprint density at radius 3 is 2.38 bits per heavy atom. The van der Waals surface area contributed by atoms with E-state index in [1.807, 2.05) is 30.3 Å². The van der Waals surface area contributed by atoms with Crippen molar-refractivity contribution in [2.75, 3.05) is 5.73 Å². The van der Waals surface area contributed by atoms with Crippen molar-refractivity contribution in [1.82, 2.24) is 9.97 Å². The number of nitrogen functional groups attached to an aromatic ring is 1. The monoisotopic (exact) mass is 330 g/mol. The molecule has 0 amide bonds. The van der Waals surface area contributed by atoms with E-state index in [1.165, 1.54) is 0 Å². The fourth-order valence-corrected chi connectivity index (χ4v) is 3.37. The van der Waals surface area contributed by atoms with E-state index in [-0.39, 0.29) is 5.82 Å². The lowest BCUT2D eigenvalue weighted by Gasteiger charge is -1.91.